The van der Waals surface area contributed by atoms with E-state index in [2.05, 4.69) is 66.1 Å². The zero-order valence-electron chi connectivity index (χ0n) is 17.6. The Morgan fingerprint density at radius 1 is 1.08 bits per heavy atom. The first-order valence-electron chi connectivity index (χ1n) is 10.5. The van der Waals surface area contributed by atoms with E-state index in [1.807, 2.05) is 18.3 Å². The van der Waals surface area contributed by atoms with Gasteiger partial charge in [-0.2, -0.15) is 0 Å². The second kappa shape index (κ2) is 7.41. The van der Waals surface area contributed by atoms with Crippen LogP contribution in [0.2, 0.25) is 0 Å². The summed E-state index contributed by atoms with van der Waals surface area (Å²) in [5, 5.41) is 0. The summed E-state index contributed by atoms with van der Waals surface area (Å²) in [5.74, 6) is 0.0919. The number of aromatic nitrogens is 2. The van der Waals surface area contributed by atoms with E-state index < -0.39 is 6.37 Å². The smallest absolute Gasteiger partial charge is 0.213 e. The highest BCUT2D eigenvalue weighted by Crippen LogP contribution is 2.29. The van der Waals surface area contributed by atoms with Crippen molar-refractivity contribution in [1.82, 2.24) is 4.98 Å². The molecule has 2 aromatic heterocycles. The normalized spacial score (nSPS) is 16.4. The maximum Gasteiger partial charge on any atom is 0.213 e. The van der Waals surface area contributed by atoms with E-state index in [1.165, 1.54) is 11.1 Å². The van der Waals surface area contributed by atoms with Crippen LogP contribution in [0.3, 0.4) is 0 Å². The monoisotopic (exact) mass is 345 g/mol. The summed E-state index contributed by atoms with van der Waals surface area (Å²) in [5.41, 5.74) is 6.28. The Morgan fingerprint density at radius 2 is 1.88 bits per heavy atom. The summed E-state index contributed by atoms with van der Waals surface area (Å²) in [6, 6.07) is 16.5. The first kappa shape index (κ1) is 14.7. The van der Waals surface area contributed by atoms with Gasteiger partial charge >= 0.3 is 0 Å². The van der Waals surface area contributed by atoms with Gasteiger partial charge in [0.1, 0.15) is 7.05 Å². The van der Waals surface area contributed by atoms with Gasteiger partial charge in [0.15, 0.2) is 6.20 Å². The van der Waals surface area contributed by atoms with E-state index in [0.29, 0.717) is 5.69 Å². The summed E-state index contributed by atoms with van der Waals surface area (Å²) in [6.45, 7) is 2.13. The molecule has 0 atom stereocenters. The Morgan fingerprint density at radius 3 is 2.62 bits per heavy atom. The average molecular weight is 346 g/mol. The molecule has 1 aliphatic carbocycles. The number of pyridine rings is 2. The largest absolute Gasteiger partial charge is 0.261 e. The Hall–Kier alpha value is -2.48. The molecule has 3 aromatic rings. The van der Waals surface area contributed by atoms with Gasteiger partial charge in [-0.3, -0.25) is 4.98 Å². The van der Waals surface area contributed by atoms with Gasteiger partial charge in [-0.15, -0.1) is 0 Å². The van der Waals surface area contributed by atoms with Gasteiger partial charge in [-0.05, 0) is 42.5 Å². The summed E-state index contributed by atoms with van der Waals surface area (Å²) in [4.78, 5) is 4.53. The molecule has 0 bridgehead atoms. The third kappa shape index (κ3) is 3.55. The lowest BCUT2D eigenvalue weighted by Crippen LogP contribution is -2.30. The molecule has 4 rings (SSSR count). The average Bonchev–Trinajstić information content (AvgIpc) is 3.25. The molecular formula is C24H27N2+. The van der Waals surface area contributed by atoms with Gasteiger partial charge < -0.3 is 0 Å². The van der Waals surface area contributed by atoms with E-state index in [4.69, 9.17) is 2.74 Å². The van der Waals surface area contributed by atoms with Crippen LogP contribution in [0.15, 0.2) is 60.9 Å². The SMILES string of the molecule is [2H]C([2H])(c1ccc(-c2cc[n+](C)c(-c3ccccc3C)c2)cn1)C1CCCC1. The van der Waals surface area contributed by atoms with Gasteiger partial charge in [-0.1, -0.05) is 49.9 Å². The Kier molecular flexibility index (Phi) is 4.18. The van der Waals surface area contributed by atoms with Crippen LogP contribution in [0.25, 0.3) is 22.4 Å². The standard InChI is InChI=1S/C24H27N2/c1-18-7-3-6-10-23(18)24-16-20(13-14-26(24)2)21-11-12-22(25-17-21)15-19-8-4-5-9-19/h3,6-7,10-14,16-17,19H,4-5,8-9,15H2,1-2H3/q+1/i15D2. The van der Waals surface area contributed by atoms with Gasteiger partial charge in [0, 0.05) is 37.9 Å². The van der Waals surface area contributed by atoms with Crippen LogP contribution >= 0.6 is 0 Å². The lowest BCUT2D eigenvalue weighted by molar-refractivity contribution is -0.660. The molecule has 0 N–H and O–H groups in total. The van der Waals surface area contributed by atoms with Crippen molar-refractivity contribution in [2.75, 3.05) is 0 Å². The van der Waals surface area contributed by atoms with Gasteiger partial charge in [0.2, 0.25) is 5.69 Å². The van der Waals surface area contributed by atoms with Crippen molar-refractivity contribution in [1.29, 1.82) is 0 Å². The number of nitrogens with zero attached hydrogens (tertiary/aromatic N) is 2. The second-order valence-electron chi connectivity index (χ2n) is 7.28. The molecule has 1 saturated carbocycles. The maximum atomic E-state index is 8.54. The van der Waals surface area contributed by atoms with Crippen molar-refractivity contribution in [2.45, 2.75) is 39.0 Å². The molecule has 0 radical (unpaired) electrons. The summed E-state index contributed by atoms with van der Waals surface area (Å²) in [6.07, 6.45) is 6.74. The molecule has 2 heterocycles. The van der Waals surface area contributed by atoms with Crippen molar-refractivity contribution in [2.24, 2.45) is 13.0 Å². The van der Waals surface area contributed by atoms with Crippen LogP contribution in [0.1, 0.15) is 39.7 Å². The maximum absolute atomic E-state index is 8.54. The minimum Gasteiger partial charge on any atom is -0.261 e. The highest BCUT2D eigenvalue weighted by Gasteiger charge is 2.17. The lowest BCUT2D eigenvalue weighted by atomic mass is 9.99. The fourth-order valence-corrected chi connectivity index (χ4v) is 3.81. The highest BCUT2D eigenvalue weighted by atomic mass is 14.9. The van der Waals surface area contributed by atoms with Crippen LogP contribution < -0.4 is 4.57 Å². The van der Waals surface area contributed by atoms with Crippen LogP contribution in [0.4, 0.5) is 0 Å². The summed E-state index contributed by atoms with van der Waals surface area (Å²) in [7, 11) is 2.06. The third-order valence-corrected chi connectivity index (χ3v) is 5.37. The molecule has 1 aromatic carbocycles. The summed E-state index contributed by atoms with van der Waals surface area (Å²) < 4.78 is 19.2. The minimum absolute atomic E-state index is 0.0919. The predicted octanol–water partition coefficient (Wildman–Crippen LogP) is 5.28. The molecular weight excluding hydrogens is 316 g/mol. The first-order valence-corrected chi connectivity index (χ1v) is 9.49. The molecule has 2 nitrogen and oxygen atoms in total. The second-order valence-corrected chi connectivity index (χ2v) is 7.28. The zero-order valence-corrected chi connectivity index (χ0v) is 15.6. The van der Waals surface area contributed by atoms with Crippen LogP contribution in [0.5, 0.6) is 0 Å². The van der Waals surface area contributed by atoms with Crippen LogP contribution in [-0.2, 0) is 13.4 Å². The van der Waals surface area contributed by atoms with E-state index in [9.17, 15) is 0 Å². The molecule has 132 valence electrons. The molecule has 2 heteroatoms. The van der Waals surface area contributed by atoms with E-state index >= 15 is 0 Å². The van der Waals surface area contributed by atoms with Gasteiger partial charge in [0.25, 0.3) is 0 Å². The Balaban J connectivity index is 1.67. The topological polar surface area (TPSA) is 16.8 Å². The zero-order chi connectivity index (χ0) is 19.7. The van der Waals surface area contributed by atoms with Crippen molar-refractivity contribution in [3.8, 4) is 22.4 Å². The molecule has 0 amide bonds. The highest BCUT2D eigenvalue weighted by molar-refractivity contribution is 5.69. The van der Waals surface area contributed by atoms with E-state index in [0.717, 1.165) is 42.5 Å². The van der Waals surface area contributed by atoms with E-state index in [-0.39, 0.29) is 5.92 Å². The number of aryl methyl sites for hydroxylation is 2. The van der Waals surface area contributed by atoms with Crippen LogP contribution in [0, 0.1) is 12.8 Å². The molecule has 0 aliphatic heterocycles. The molecule has 1 aliphatic rings. The Bertz CT molecular complexity index is 974. The van der Waals surface area contributed by atoms with Crippen molar-refractivity contribution in [3.63, 3.8) is 0 Å². The van der Waals surface area contributed by atoms with E-state index in [1.54, 1.807) is 0 Å². The number of benzene rings is 1. The fraction of sp³-hybridized carbons (Fsp3) is 0.333. The minimum atomic E-state index is -1.34. The van der Waals surface area contributed by atoms with Crippen molar-refractivity contribution < 1.29 is 7.31 Å². The lowest BCUT2D eigenvalue weighted by Gasteiger charge is -2.09. The number of hydrogen-bond donors (Lipinski definition) is 0. The molecule has 0 spiro atoms. The number of hydrogen-bond acceptors (Lipinski definition) is 1. The molecule has 26 heavy (non-hydrogen) atoms. The quantitative estimate of drug-likeness (QED) is 0.588. The van der Waals surface area contributed by atoms with Crippen molar-refractivity contribution >= 4 is 0 Å². The van der Waals surface area contributed by atoms with Gasteiger partial charge in [0.05, 0.1) is 0 Å². The summed E-state index contributed by atoms with van der Waals surface area (Å²) >= 11 is 0. The first-order chi connectivity index (χ1) is 13.5. The third-order valence-electron chi connectivity index (χ3n) is 5.37. The molecule has 0 saturated heterocycles. The Labute approximate surface area is 159 Å². The van der Waals surface area contributed by atoms with Crippen molar-refractivity contribution in [3.05, 3.63) is 72.2 Å². The number of rotatable bonds is 4. The molecule has 0 unspecified atom stereocenters. The van der Waals surface area contributed by atoms with Gasteiger partial charge in [-0.25, -0.2) is 4.57 Å². The van der Waals surface area contributed by atoms with Crippen LogP contribution in [-0.4, -0.2) is 4.98 Å². The fourth-order valence-electron chi connectivity index (χ4n) is 3.81. The predicted molar refractivity (Wildman–Crippen MR) is 107 cm³/mol. The molecule has 1 fully saturated rings.